The number of benzene rings is 2. The van der Waals surface area contributed by atoms with E-state index in [9.17, 15) is 9.59 Å². The molecule has 0 radical (unpaired) electrons. The van der Waals surface area contributed by atoms with Crippen LogP contribution in [0.5, 0.6) is 5.75 Å². The molecule has 0 aliphatic carbocycles. The van der Waals surface area contributed by atoms with Crippen molar-refractivity contribution in [3.63, 3.8) is 0 Å². The first kappa shape index (κ1) is 19.2. The Balaban J connectivity index is 1.41. The van der Waals surface area contributed by atoms with Crippen molar-refractivity contribution < 1.29 is 14.3 Å². The van der Waals surface area contributed by atoms with Crippen molar-refractivity contribution in [2.75, 3.05) is 25.5 Å². The summed E-state index contributed by atoms with van der Waals surface area (Å²) >= 11 is 3.52. The maximum Gasteiger partial charge on any atom is 0.270 e. The fourth-order valence-electron chi connectivity index (χ4n) is 4.78. The van der Waals surface area contributed by atoms with Crippen LogP contribution in [-0.2, 0) is 10.2 Å². The number of anilines is 1. The third kappa shape index (κ3) is 2.75. The van der Waals surface area contributed by atoms with Gasteiger partial charge in [0.15, 0.2) is 0 Å². The van der Waals surface area contributed by atoms with Gasteiger partial charge in [-0.1, -0.05) is 15.9 Å². The third-order valence-electron chi connectivity index (χ3n) is 6.56. The van der Waals surface area contributed by atoms with Crippen LogP contribution in [-0.4, -0.2) is 41.9 Å². The van der Waals surface area contributed by atoms with Crippen LogP contribution in [0.3, 0.4) is 0 Å². The van der Waals surface area contributed by atoms with E-state index in [1.54, 1.807) is 7.11 Å². The van der Waals surface area contributed by atoms with E-state index in [2.05, 4.69) is 26.2 Å². The maximum absolute atomic E-state index is 13.3. The number of aryl methyl sites for hydroxylation is 1. The molecule has 1 saturated heterocycles. The molecule has 3 aromatic rings. The number of fused-ring (bicyclic) bond motifs is 3. The first-order valence-electron chi connectivity index (χ1n) is 10.00. The Morgan fingerprint density at radius 3 is 2.67 bits per heavy atom. The van der Waals surface area contributed by atoms with E-state index in [0.29, 0.717) is 31.6 Å². The highest BCUT2D eigenvalue weighted by molar-refractivity contribution is 9.10. The van der Waals surface area contributed by atoms with Crippen LogP contribution >= 0.6 is 15.9 Å². The quantitative estimate of drug-likeness (QED) is 0.587. The van der Waals surface area contributed by atoms with E-state index in [4.69, 9.17) is 4.74 Å². The third-order valence-corrected chi connectivity index (χ3v) is 7.06. The lowest BCUT2D eigenvalue weighted by molar-refractivity contribution is -0.122. The van der Waals surface area contributed by atoms with Crippen LogP contribution in [0.25, 0.3) is 10.9 Å². The van der Waals surface area contributed by atoms with Gasteiger partial charge in [-0.15, -0.1) is 0 Å². The highest BCUT2D eigenvalue weighted by atomic mass is 79.9. The summed E-state index contributed by atoms with van der Waals surface area (Å²) < 4.78 is 6.27. The van der Waals surface area contributed by atoms with E-state index in [-0.39, 0.29) is 11.8 Å². The summed E-state index contributed by atoms with van der Waals surface area (Å²) in [5.41, 5.74) is 3.79. The molecule has 2 aromatic carbocycles. The molecular formula is C23H22BrN3O3. The van der Waals surface area contributed by atoms with E-state index >= 15 is 0 Å². The molecule has 30 heavy (non-hydrogen) atoms. The summed E-state index contributed by atoms with van der Waals surface area (Å²) in [4.78, 5) is 31.3. The van der Waals surface area contributed by atoms with Gasteiger partial charge in [-0.25, -0.2) is 0 Å². The van der Waals surface area contributed by atoms with Gasteiger partial charge >= 0.3 is 0 Å². The molecule has 1 fully saturated rings. The summed E-state index contributed by atoms with van der Waals surface area (Å²) in [5.74, 6) is 0.780. The monoisotopic (exact) mass is 467 g/mol. The average Bonchev–Trinajstić information content (AvgIpc) is 3.22. The summed E-state index contributed by atoms with van der Waals surface area (Å²) in [5, 5.41) is 4.00. The number of methoxy groups -OCH3 is 1. The molecule has 0 saturated carbocycles. The van der Waals surface area contributed by atoms with Gasteiger partial charge < -0.3 is 19.9 Å². The van der Waals surface area contributed by atoms with Gasteiger partial charge in [0, 0.05) is 34.2 Å². The number of likely N-dealkylation sites (tertiary alicyclic amines) is 1. The summed E-state index contributed by atoms with van der Waals surface area (Å²) in [6.07, 6.45) is 1.22. The molecule has 6 nitrogen and oxygen atoms in total. The first-order valence-corrected chi connectivity index (χ1v) is 10.8. The van der Waals surface area contributed by atoms with Crippen molar-refractivity contribution in [1.29, 1.82) is 0 Å². The lowest BCUT2D eigenvalue weighted by Gasteiger charge is -2.38. The molecule has 2 amide bonds. The van der Waals surface area contributed by atoms with Gasteiger partial charge in [0.1, 0.15) is 11.4 Å². The van der Waals surface area contributed by atoms with Crippen LogP contribution in [0.1, 0.15) is 34.5 Å². The number of ether oxygens (including phenoxy) is 1. The Hall–Kier alpha value is -2.80. The second kappa shape index (κ2) is 6.87. The molecule has 2 aliphatic heterocycles. The smallest absolute Gasteiger partial charge is 0.270 e. The van der Waals surface area contributed by atoms with Crippen molar-refractivity contribution >= 4 is 44.3 Å². The largest absolute Gasteiger partial charge is 0.497 e. The van der Waals surface area contributed by atoms with Gasteiger partial charge in [0.2, 0.25) is 5.91 Å². The maximum atomic E-state index is 13.3. The second-order valence-corrected chi connectivity index (χ2v) is 8.97. The number of H-pyrrole nitrogens is 1. The number of piperidine rings is 1. The van der Waals surface area contributed by atoms with Crippen molar-refractivity contribution in [3.8, 4) is 5.75 Å². The molecule has 1 aromatic heterocycles. The Morgan fingerprint density at radius 1 is 1.17 bits per heavy atom. The molecule has 0 atom stereocenters. The molecule has 3 heterocycles. The van der Waals surface area contributed by atoms with E-state index in [1.807, 2.05) is 48.2 Å². The fraction of sp³-hybridized carbons (Fsp3) is 0.304. The number of halogens is 1. The number of rotatable bonds is 2. The van der Waals surface area contributed by atoms with E-state index in [0.717, 1.165) is 37.9 Å². The fourth-order valence-corrected chi connectivity index (χ4v) is 5.14. The van der Waals surface area contributed by atoms with Gasteiger partial charge in [0.05, 0.1) is 12.5 Å². The van der Waals surface area contributed by atoms with Crippen molar-refractivity contribution in [2.45, 2.75) is 25.2 Å². The highest BCUT2D eigenvalue weighted by Gasteiger charge is 2.49. The molecule has 2 N–H and O–H groups in total. The standard InChI is InChI=1S/C23H22BrN3O3/c1-13-16-12-15(30-2)4-6-18(16)25-20(13)21(28)27-9-7-23(8-10-27)17-11-14(24)3-5-19(17)26-22(23)29/h3-6,11-12,25H,7-10H2,1-2H3,(H,26,29). The first-order chi connectivity index (χ1) is 14.4. The zero-order valence-corrected chi connectivity index (χ0v) is 18.4. The lowest BCUT2D eigenvalue weighted by atomic mass is 9.73. The normalized spacial score (nSPS) is 17.3. The van der Waals surface area contributed by atoms with Crippen LogP contribution < -0.4 is 10.1 Å². The number of nitrogens with one attached hydrogen (secondary N) is 2. The predicted molar refractivity (Wildman–Crippen MR) is 119 cm³/mol. The Bertz CT molecular complexity index is 1190. The van der Waals surface area contributed by atoms with Crippen molar-refractivity contribution in [3.05, 3.63) is 57.7 Å². The summed E-state index contributed by atoms with van der Waals surface area (Å²) in [6.45, 7) is 3.03. The second-order valence-electron chi connectivity index (χ2n) is 8.05. The number of carbonyl (C=O) groups is 2. The number of hydrogen-bond acceptors (Lipinski definition) is 3. The molecule has 0 bridgehead atoms. The van der Waals surface area contributed by atoms with Crippen LogP contribution in [0.15, 0.2) is 40.9 Å². The zero-order chi connectivity index (χ0) is 21.0. The summed E-state index contributed by atoms with van der Waals surface area (Å²) in [6, 6.07) is 11.7. The Kier molecular flexibility index (Phi) is 4.39. The number of amides is 2. The molecule has 154 valence electrons. The minimum atomic E-state index is -0.557. The number of carbonyl (C=O) groups excluding carboxylic acids is 2. The zero-order valence-electron chi connectivity index (χ0n) is 16.8. The number of aromatic amines is 1. The topological polar surface area (TPSA) is 74.4 Å². The van der Waals surface area contributed by atoms with Crippen LogP contribution in [0, 0.1) is 6.92 Å². The molecule has 7 heteroatoms. The Labute approximate surface area is 182 Å². The van der Waals surface area contributed by atoms with Crippen LogP contribution in [0.4, 0.5) is 5.69 Å². The number of aromatic nitrogens is 1. The minimum Gasteiger partial charge on any atom is -0.497 e. The lowest BCUT2D eigenvalue weighted by Crippen LogP contribution is -2.48. The van der Waals surface area contributed by atoms with E-state index in [1.165, 1.54) is 0 Å². The molecular weight excluding hydrogens is 446 g/mol. The van der Waals surface area contributed by atoms with Crippen LogP contribution in [0.2, 0.25) is 0 Å². The van der Waals surface area contributed by atoms with Gasteiger partial charge in [0.25, 0.3) is 5.91 Å². The SMILES string of the molecule is COc1ccc2[nH]c(C(=O)N3CCC4(CC3)C(=O)Nc3ccc(Br)cc34)c(C)c2c1. The molecule has 2 aliphatic rings. The van der Waals surface area contributed by atoms with Crippen molar-refractivity contribution in [1.82, 2.24) is 9.88 Å². The summed E-state index contributed by atoms with van der Waals surface area (Å²) in [7, 11) is 1.63. The molecule has 1 spiro atoms. The molecule has 0 unspecified atom stereocenters. The minimum absolute atomic E-state index is 0.0228. The average molecular weight is 468 g/mol. The number of nitrogens with zero attached hydrogens (tertiary/aromatic N) is 1. The number of hydrogen-bond donors (Lipinski definition) is 2. The molecule has 5 rings (SSSR count). The Morgan fingerprint density at radius 2 is 1.93 bits per heavy atom. The highest BCUT2D eigenvalue weighted by Crippen LogP contribution is 2.46. The van der Waals surface area contributed by atoms with Gasteiger partial charge in [-0.3, -0.25) is 9.59 Å². The van der Waals surface area contributed by atoms with Crippen molar-refractivity contribution in [2.24, 2.45) is 0 Å². The van der Waals surface area contributed by atoms with Gasteiger partial charge in [-0.2, -0.15) is 0 Å². The predicted octanol–water partition coefficient (Wildman–Crippen LogP) is 4.37. The van der Waals surface area contributed by atoms with Gasteiger partial charge in [-0.05, 0) is 67.3 Å². The van der Waals surface area contributed by atoms with E-state index < -0.39 is 5.41 Å².